The first-order valence-corrected chi connectivity index (χ1v) is 10.0. The van der Waals surface area contributed by atoms with Gasteiger partial charge in [0.1, 0.15) is 5.75 Å². The molecule has 0 atom stereocenters. The average molecular weight is 416 g/mol. The summed E-state index contributed by atoms with van der Waals surface area (Å²) in [6.45, 7) is 1.29. The van der Waals surface area contributed by atoms with E-state index >= 15 is 0 Å². The summed E-state index contributed by atoms with van der Waals surface area (Å²) in [5.41, 5.74) is 1.20. The number of amides is 2. The molecule has 1 saturated heterocycles. The van der Waals surface area contributed by atoms with Crippen LogP contribution >= 0.6 is 0 Å². The number of likely N-dealkylation sites (N-methyl/N-ethyl adjacent to an activating group) is 1. The predicted molar refractivity (Wildman–Crippen MR) is 112 cm³/mol. The highest BCUT2D eigenvalue weighted by Gasteiger charge is 2.24. The number of rotatable bonds is 8. The zero-order valence-corrected chi connectivity index (χ0v) is 17.3. The van der Waals surface area contributed by atoms with Gasteiger partial charge in [-0.1, -0.05) is 24.3 Å². The van der Waals surface area contributed by atoms with Crippen LogP contribution in [0, 0.1) is 0 Å². The minimum Gasteiger partial charge on any atom is -0.497 e. The monoisotopic (exact) mass is 416 g/mol. The van der Waals surface area contributed by atoms with E-state index in [9.17, 15) is 9.59 Å². The molecular weight excluding hydrogens is 388 g/mol. The molecule has 0 saturated carbocycles. The van der Waals surface area contributed by atoms with E-state index in [4.69, 9.17) is 18.9 Å². The van der Waals surface area contributed by atoms with Crippen LogP contribution in [0.5, 0.6) is 5.75 Å². The van der Waals surface area contributed by atoms with Crippen LogP contribution in [-0.4, -0.2) is 58.8 Å². The fourth-order valence-corrected chi connectivity index (χ4v) is 3.37. The molecule has 1 aliphatic heterocycles. The minimum absolute atomic E-state index is 0.163. The lowest BCUT2D eigenvalue weighted by Crippen LogP contribution is -2.33. The van der Waals surface area contributed by atoms with Crippen molar-refractivity contribution in [2.24, 2.45) is 0 Å². The summed E-state index contributed by atoms with van der Waals surface area (Å²) < 4.78 is 21.9. The Morgan fingerprint density at radius 1 is 1.17 bits per heavy atom. The van der Waals surface area contributed by atoms with Gasteiger partial charge in [-0.05, 0) is 34.9 Å². The lowest BCUT2D eigenvalue weighted by Gasteiger charge is -2.30. The van der Waals surface area contributed by atoms with E-state index < -0.39 is 6.09 Å². The first-order chi connectivity index (χ1) is 14.6. The summed E-state index contributed by atoms with van der Waals surface area (Å²) in [6.07, 6.45) is 0.435. The van der Waals surface area contributed by atoms with Crippen LogP contribution in [0.3, 0.4) is 0 Å². The molecule has 8 heteroatoms. The minimum atomic E-state index is -0.614. The van der Waals surface area contributed by atoms with Gasteiger partial charge in [-0.3, -0.25) is 4.79 Å². The van der Waals surface area contributed by atoms with Gasteiger partial charge in [-0.25, -0.2) is 4.79 Å². The molecule has 0 spiro atoms. The van der Waals surface area contributed by atoms with Crippen LogP contribution in [0.15, 0.2) is 36.4 Å². The smallest absolute Gasteiger partial charge is 0.407 e. The van der Waals surface area contributed by atoms with Crippen molar-refractivity contribution in [3.63, 3.8) is 0 Å². The molecule has 0 radical (unpaired) electrons. The molecule has 3 rings (SSSR count). The lowest BCUT2D eigenvalue weighted by atomic mass is 9.94. The first-order valence-electron chi connectivity index (χ1n) is 10.0. The number of nitrogens with one attached hydrogen (secondary N) is 2. The van der Waals surface area contributed by atoms with E-state index in [-0.39, 0.29) is 24.7 Å². The van der Waals surface area contributed by atoms with Crippen molar-refractivity contribution in [3.8, 4) is 5.75 Å². The summed E-state index contributed by atoms with van der Waals surface area (Å²) in [4.78, 5) is 22.5. The van der Waals surface area contributed by atoms with Crippen molar-refractivity contribution >= 4 is 22.8 Å². The van der Waals surface area contributed by atoms with E-state index in [1.54, 1.807) is 7.11 Å². The third-order valence-electron chi connectivity index (χ3n) is 5.03. The molecule has 2 aromatic carbocycles. The molecule has 2 N–H and O–H groups in total. The summed E-state index contributed by atoms with van der Waals surface area (Å²) in [5, 5.41) is 7.28. The number of methoxy groups -OCH3 is 1. The van der Waals surface area contributed by atoms with Gasteiger partial charge in [0.15, 0.2) is 12.9 Å². The Balaban J connectivity index is 1.42. The maximum absolute atomic E-state index is 11.5. The second-order valence-electron chi connectivity index (χ2n) is 7.05. The largest absolute Gasteiger partial charge is 0.497 e. The zero-order valence-electron chi connectivity index (χ0n) is 17.3. The maximum Gasteiger partial charge on any atom is 0.407 e. The van der Waals surface area contributed by atoms with Gasteiger partial charge in [0.25, 0.3) is 5.91 Å². The van der Waals surface area contributed by atoms with E-state index in [0.29, 0.717) is 32.6 Å². The van der Waals surface area contributed by atoms with Gasteiger partial charge < -0.3 is 29.6 Å². The molecule has 2 amide bonds. The van der Waals surface area contributed by atoms with Crippen LogP contribution in [0.25, 0.3) is 10.8 Å². The molecule has 0 aromatic heterocycles. The van der Waals surface area contributed by atoms with E-state index in [1.807, 2.05) is 18.2 Å². The molecular formula is C22H28N2O6. The SMILES string of the molecule is CNC(=O)COC(=O)NCCCC1OCC(c2cccc3cc(OC)ccc23)CO1. The summed E-state index contributed by atoms with van der Waals surface area (Å²) in [7, 11) is 3.15. The standard InChI is InChI=1S/C22H28N2O6/c1-23-20(25)14-30-22(26)24-10-4-7-21-28-12-16(13-29-21)18-6-3-5-15-11-17(27-2)8-9-19(15)18/h3,5-6,8-9,11,16,21H,4,7,10,12-14H2,1-2H3,(H,23,25)(H,24,26). The summed E-state index contributed by atoms with van der Waals surface area (Å²) in [5.74, 6) is 0.646. The normalized spacial score (nSPS) is 18.6. The third-order valence-corrected chi connectivity index (χ3v) is 5.03. The van der Waals surface area contributed by atoms with E-state index in [1.165, 1.54) is 18.0 Å². The number of carbonyl (C=O) groups excluding carboxylic acids is 2. The predicted octanol–water partition coefficient (Wildman–Crippen LogP) is 2.56. The number of hydrogen-bond donors (Lipinski definition) is 2. The Kier molecular flexibility index (Phi) is 7.87. The number of fused-ring (bicyclic) bond motifs is 1. The van der Waals surface area contributed by atoms with Gasteiger partial charge in [-0.2, -0.15) is 0 Å². The fourth-order valence-electron chi connectivity index (χ4n) is 3.37. The number of carbonyl (C=O) groups is 2. The average Bonchev–Trinajstić information content (AvgIpc) is 2.79. The van der Waals surface area contributed by atoms with E-state index in [2.05, 4.69) is 28.8 Å². The molecule has 1 fully saturated rings. The van der Waals surface area contributed by atoms with Crippen molar-refractivity contribution in [2.45, 2.75) is 25.0 Å². The Hall–Kier alpha value is -2.84. The van der Waals surface area contributed by atoms with Gasteiger partial charge in [0.2, 0.25) is 0 Å². The van der Waals surface area contributed by atoms with Crippen molar-refractivity contribution in [2.75, 3.05) is 40.5 Å². The quantitative estimate of drug-likeness (QED) is 0.643. The van der Waals surface area contributed by atoms with Gasteiger partial charge >= 0.3 is 6.09 Å². The first kappa shape index (κ1) is 21.9. The van der Waals surface area contributed by atoms with Crippen molar-refractivity contribution < 1.29 is 28.5 Å². The Morgan fingerprint density at radius 2 is 1.97 bits per heavy atom. The van der Waals surface area contributed by atoms with Crippen LogP contribution in [0.4, 0.5) is 4.79 Å². The molecule has 162 valence electrons. The van der Waals surface area contributed by atoms with E-state index in [0.717, 1.165) is 11.1 Å². The molecule has 1 heterocycles. The molecule has 2 aromatic rings. The Labute approximate surface area is 175 Å². The van der Waals surface area contributed by atoms with Crippen molar-refractivity contribution in [1.29, 1.82) is 0 Å². The number of benzene rings is 2. The van der Waals surface area contributed by atoms with Crippen molar-refractivity contribution in [3.05, 3.63) is 42.0 Å². The Morgan fingerprint density at radius 3 is 2.70 bits per heavy atom. The van der Waals surface area contributed by atoms with Gasteiger partial charge in [0, 0.05) is 25.9 Å². The Bertz CT molecular complexity index is 864. The summed E-state index contributed by atoms with van der Waals surface area (Å²) in [6, 6.07) is 12.3. The van der Waals surface area contributed by atoms with Gasteiger partial charge in [0.05, 0.1) is 20.3 Å². The van der Waals surface area contributed by atoms with Crippen LogP contribution in [0.2, 0.25) is 0 Å². The fraction of sp³-hybridized carbons (Fsp3) is 0.455. The highest BCUT2D eigenvalue weighted by Crippen LogP contribution is 2.31. The second-order valence-corrected chi connectivity index (χ2v) is 7.05. The van der Waals surface area contributed by atoms with Crippen molar-refractivity contribution in [1.82, 2.24) is 10.6 Å². The number of ether oxygens (including phenoxy) is 4. The second kappa shape index (κ2) is 10.8. The third kappa shape index (κ3) is 5.84. The number of alkyl carbamates (subject to hydrolysis) is 1. The van der Waals surface area contributed by atoms with Crippen LogP contribution < -0.4 is 15.4 Å². The topological polar surface area (TPSA) is 95.1 Å². The molecule has 0 aliphatic carbocycles. The summed E-state index contributed by atoms with van der Waals surface area (Å²) >= 11 is 0. The van der Waals surface area contributed by atoms with Crippen LogP contribution in [0.1, 0.15) is 24.3 Å². The zero-order chi connectivity index (χ0) is 21.3. The molecule has 30 heavy (non-hydrogen) atoms. The maximum atomic E-state index is 11.5. The lowest BCUT2D eigenvalue weighted by molar-refractivity contribution is -0.189. The number of hydrogen-bond acceptors (Lipinski definition) is 6. The van der Waals surface area contributed by atoms with Crippen LogP contribution in [-0.2, 0) is 19.0 Å². The molecule has 8 nitrogen and oxygen atoms in total. The highest BCUT2D eigenvalue weighted by molar-refractivity contribution is 5.87. The molecule has 0 bridgehead atoms. The van der Waals surface area contributed by atoms with Gasteiger partial charge in [-0.15, -0.1) is 0 Å². The molecule has 0 unspecified atom stereocenters. The molecule has 1 aliphatic rings. The highest BCUT2D eigenvalue weighted by atomic mass is 16.7.